The van der Waals surface area contributed by atoms with Gasteiger partial charge in [-0.1, -0.05) is 65.8 Å². The van der Waals surface area contributed by atoms with Gasteiger partial charge in [0, 0.05) is 25.2 Å². The number of aromatic amines is 1. The van der Waals surface area contributed by atoms with E-state index in [1.165, 1.54) is 16.5 Å². The molecule has 0 saturated carbocycles. The molecular weight excluding hydrogens is 448 g/mol. The van der Waals surface area contributed by atoms with Crippen molar-refractivity contribution >= 4 is 17.4 Å². The average Bonchev–Trinajstić information content (AvgIpc) is 3.31. The van der Waals surface area contributed by atoms with Gasteiger partial charge < -0.3 is 15.2 Å². The molecule has 0 radical (unpaired) electrons. The van der Waals surface area contributed by atoms with Crippen molar-refractivity contribution in [2.75, 3.05) is 31.3 Å². The summed E-state index contributed by atoms with van der Waals surface area (Å²) in [4.78, 5) is 43.1. The third-order valence-corrected chi connectivity index (χ3v) is 5.56. The lowest BCUT2D eigenvalue weighted by atomic mass is 10.1. The van der Waals surface area contributed by atoms with Crippen LogP contribution in [0.3, 0.4) is 0 Å². The van der Waals surface area contributed by atoms with Crippen molar-refractivity contribution in [2.45, 2.75) is 13.1 Å². The van der Waals surface area contributed by atoms with E-state index in [-0.39, 0.29) is 30.5 Å². The molecule has 2 aromatic carbocycles. The number of nitrogen functional groups attached to an aromatic ring is 1. The third-order valence-electron chi connectivity index (χ3n) is 5.56. The highest BCUT2D eigenvalue weighted by Gasteiger charge is 2.22. The van der Waals surface area contributed by atoms with Crippen LogP contribution in [-0.2, 0) is 17.9 Å². The maximum absolute atomic E-state index is 13.0. The second-order valence-corrected chi connectivity index (χ2v) is 8.24. The van der Waals surface area contributed by atoms with Gasteiger partial charge in [-0.25, -0.2) is 4.79 Å². The van der Waals surface area contributed by atoms with E-state index < -0.39 is 11.2 Å². The van der Waals surface area contributed by atoms with Gasteiger partial charge in [0.2, 0.25) is 5.91 Å². The van der Waals surface area contributed by atoms with Crippen LogP contribution in [0.25, 0.3) is 11.3 Å². The first-order valence-electron chi connectivity index (χ1n) is 11.0. The molecule has 0 atom stereocenters. The molecule has 0 aliphatic rings. The van der Waals surface area contributed by atoms with E-state index in [1.807, 2.05) is 66.7 Å². The van der Waals surface area contributed by atoms with Crippen LogP contribution in [0.5, 0.6) is 0 Å². The maximum Gasteiger partial charge on any atom is 0.330 e. The van der Waals surface area contributed by atoms with Gasteiger partial charge in [-0.05, 0) is 12.6 Å². The van der Waals surface area contributed by atoms with E-state index in [9.17, 15) is 14.4 Å². The Bertz CT molecular complexity index is 1430. The van der Waals surface area contributed by atoms with E-state index in [2.05, 4.69) is 10.1 Å². The number of hydrogen-bond acceptors (Lipinski definition) is 7. The number of nitrogens with zero attached hydrogens (tertiary/aromatic N) is 4. The third kappa shape index (κ3) is 5.39. The zero-order chi connectivity index (χ0) is 24.9. The highest BCUT2D eigenvalue weighted by molar-refractivity contribution is 5.96. The number of amides is 1. The Kier molecular flexibility index (Phi) is 6.93. The fourth-order valence-corrected chi connectivity index (χ4v) is 3.74. The van der Waals surface area contributed by atoms with Crippen molar-refractivity contribution in [3.8, 4) is 11.3 Å². The van der Waals surface area contributed by atoms with E-state index in [0.29, 0.717) is 18.0 Å². The molecule has 2 heterocycles. The van der Waals surface area contributed by atoms with Crippen molar-refractivity contribution in [1.82, 2.24) is 19.6 Å². The second kappa shape index (κ2) is 10.2. The van der Waals surface area contributed by atoms with Crippen molar-refractivity contribution in [2.24, 2.45) is 0 Å². The number of carbonyl (C=O) groups is 1. The lowest BCUT2D eigenvalue weighted by Crippen LogP contribution is -2.42. The van der Waals surface area contributed by atoms with Gasteiger partial charge in [-0.15, -0.1) is 0 Å². The van der Waals surface area contributed by atoms with Crippen LogP contribution in [0.15, 0.2) is 80.8 Å². The van der Waals surface area contributed by atoms with Gasteiger partial charge in [0.25, 0.3) is 5.56 Å². The quantitative estimate of drug-likeness (QED) is 0.399. The number of aromatic nitrogens is 3. The molecule has 1 amide bonds. The summed E-state index contributed by atoms with van der Waals surface area (Å²) in [7, 11) is 3.21. The van der Waals surface area contributed by atoms with Crippen LogP contribution in [-0.4, -0.2) is 46.2 Å². The minimum atomic E-state index is -0.723. The fraction of sp³-hybridized carbons (Fsp3) is 0.200. The van der Waals surface area contributed by atoms with Crippen molar-refractivity contribution < 1.29 is 9.32 Å². The Hall–Kier alpha value is -4.44. The second-order valence-electron chi connectivity index (χ2n) is 8.24. The summed E-state index contributed by atoms with van der Waals surface area (Å²) in [5.74, 6) is 0.184. The zero-order valence-corrected chi connectivity index (χ0v) is 19.5. The van der Waals surface area contributed by atoms with Gasteiger partial charge in [-0.2, -0.15) is 0 Å². The van der Waals surface area contributed by atoms with Crippen molar-refractivity contribution in [1.29, 1.82) is 0 Å². The molecule has 0 fully saturated rings. The first kappa shape index (κ1) is 23.7. The number of nitrogens with one attached hydrogen (secondary N) is 1. The number of anilines is 2. The van der Waals surface area contributed by atoms with Gasteiger partial charge in [0.15, 0.2) is 11.4 Å². The molecule has 180 valence electrons. The molecule has 10 heteroatoms. The van der Waals surface area contributed by atoms with Gasteiger partial charge in [0.05, 0.1) is 18.8 Å². The van der Waals surface area contributed by atoms with Crippen LogP contribution >= 0.6 is 0 Å². The predicted octanol–water partition coefficient (Wildman–Crippen LogP) is 1.92. The number of carbonyl (C=O) groups excluding carboxylic acids is 1. The standard InChI is InChI=1S/C25H26N6O4/c1-29(15-19-13-20(35-28-19)18-11-7-4-8-12-18)16-21(32)30(2)22-23(26)31(25(34)27-24(22)33)14-17-9-5-3-6-10-17/h3-13H,14-16,26H2,1-2H3,(H,27,33,34). The lowest BCUT2D eigenvalue weighted by molar-refractivity contribution is -0.119. The van der Waals surface area contributed by atoms with Crippen LogP contribution < -0.4 is 21.9 Å². The van der Waals surface area contributed by atoms with Crippen molar-refractivity contribution in [3.05, 3.63) is 98.8 Å². The largest absolute Gasteiger partial charge is 0.383 e. The van der Waals surface area contributed by atoms with E-state index in [0.717, 1.165) is 11.1 Å². The molecule has 0 saturated heterocycles. The van der Waals surface area contributed by atoms with E-state index in [4.69, 9.17) is 10.3 Å². The minimum absolute atomic E-state index is 0.0132. The Morgan fingerprint density at radius 1 is 1.06 bits per heavy atom. The normalized spacial score (nSPS) is 11.1. The Labute approximate surface area is 201 Å². The predicted molar refractivity (Wildman–Crippen MR) is 133 cm³/mol. The fourth-order valence-electron chi connectivity index (χ4n) is 3.74. The number of rotatable bonds is 8. The summed E-state index contributed by atoms with van der Waals surface area (Å²) in [6.45, 7) is 0.503. The van der Waals surface area contributed by atoms with Gasteiger partial charge in [-0.3, -0.25) is 24.0 Å². The molecule has 4 rings (SSSR count). The molecule has 3 N–H and O–H groups in total. The number of hydrogen-bond donors (Lipinski definition) is 2. The molecule has 0 spiro atoms. The Morgan fingerprint density at radius 3 is 2.40 bits per heavy atom. The van der Waals surface area contributed by atoms with E-state index in [1.54, 1.807) is 11.9 Å². The summed E-state index contributed by atoms with van der Waals surface area (Å²) in [5, 5.41) is 4.08. The van der Waals surface area contributed by atoms with Crippen LogP contribution in [0, 0.1) is 0 Å². The molecule has 0 aliphatic carbocycles. The first-order chi connectivity index (χ1) is 16.8. The topological polar surface area (TPSA) is 130 Å². The average molecular weight is 475 g/mol. The zero-order valence-electron chi connectivity index (χ0n) is 19.5. The van der Waals surface area contributed by atoms with E-state index >= 15 is 0 Å². The smallest absolute Gasteiger partial charge is 0.330 e. The molecule has 2 aromatic heterocycles. The molecule has 10 nitrogen and oxygen atoms in total. The monoisotopic (exact) mass is 474 g/mol. The first-order valence-corrected chi connectivity index (χ1v) is 11.0. The van der Waals surface area contributed by atoms with Crippen LogP contribution in [0.1, 0.15) is 11.3 Å². The number of benzene rings is 2. The molecule has 0 bridgehead atoms. The van der Waals surface area contributed by atoms with Crippen molar-refractivity contribution in [3.63, 3.8) is 0 Å². The molecule has 4 aromatic rings. The summed E-state index contributed by atoms with van der Waals surface area (Å²) >= 11 is 0. The van der Waals surface area contributed by atoms with Crippen LogP contribution in [0.4, 0.5) is 11.5 Å². The van der Waals surface area contributed by atoms with Gasteiger partial charge >= 0.3 is 5.69 Å². The summed E-state index contributed by atoms with van der Waals surface area (Å²) < 4.78 is 6.65. The molecule has 35 heavy (non-hydrogen) atoms. The minimum Gasteiger partial charge on any atom is -0.383 e. The molecule has 0 aliphatic heterocycles. The highest BCUT2D eigenvalue weighted by Crippen LogP contribution is 2.21. The number of nitrogens with two attached hydrogens (primary N) is 1. The van der Waals surface area contributed by atoms with Gasteiger partial charge in [0.1, 0.15) is 5.82 Å². The summed E-state index contributed by atoms with van der Waals surface area (Å²) in [6, 6.07) is 20.6. The lowest BCUT2D eigenvalue weighted by Gasteiger charge is -2.23. The Balaban J connectivity index is 1.47. The summed E-state index contributed by atoms with van der Waals surface area (Å²) in [6.07, 6.45) is 0. The summed E-state index contributed by atoms with van der Waals surface area (Å²) in [5.41, 5.74) is 7.16. The Morgan fingerprint density at radius 2 is 1.71 bits per heavy atom. The maximum atomic E-state index is 13.0. The van der Waals surface area contributed by atoms with Crippen LogP contribution in [0.2, 0.25) is 0 Å². The molecule has 0 unspecified atom stereocenters. The number of likely N-dealkylation sites (N-methyl/N-ethyl adjacent to an activating group) is 2. The number of H-pyrrole nitrogens is 1. The molecular formula is C25H26N6O4. The highest BCUT2D eigenvalue weighted by atomic mass is 16.5. The SMILES string of the molecule is CN(CC(=O)N(C)c1c(N)n(Cc2ccccc2)c(=O)[nH]c1=O)Cc1cc(-c2ccccc2)on1.